The summed E-state index contributed by atoms with van der Waals surface area (Å²) in [6.45, 7) is 0. The maximum Gasteiger partial charge on any atom is 0.150 e. The number of thiazole rings is 1. The molecule has 1 fully saturated rings. The number of aliphatic hydroxyl groups is 1. The summed E-state index contributed by atoms with van der Waals surface area (Å²) in [5.41, 5.74) is 2.95. The molecule has 1 aromatic carbocycles. The molecule has 1 aliphatic rings. The van der Waals surface area contributed by atoms with E-state index in [4.69, 9.17) is 4.74 Å². The molecule has 156 valence electrons. The number of hydrogen-bond donors (Lipinski definition) is 3. The van der Waals surface area contributed by atoms with Gasteiger partial charge in [0.05, 0.1) is 18.2 Å². The summed E-state index contributed by atoms with van der Waals surface area (Å²) < 4.78 is 20.3. The number of fused-ring (bicyclic) bond motifs is 2. The molecule has 6 rings (SSSR count). The van der Waals surface area contributed by atoms with Crippen LogP contribution in [-0.4, -0.2) is 32.2 Å². The van der Waals surface area contributed by atoms with Crippen LogP contribution >= 0.6 is 11.3 Å². The van der Waals surface area contributed by atoms with Gasteiger partial charge in [0, 0.05) is 45.5 Å². The van der Waals surface area contributed by atoms with Crippen molar-refractivity contribution in [3.63, 3.8) is 0 Å². The number of methoxy groups -OCH3 is 1. The summed E-state index contributed by atoms with van der Waals surface area (Å²) in [5.74, 6) is 0.356. The quantitative estimate of drug-likeness (QED) is 0.356. The normalized spacial score (nSPS) is 15.5. The fraction of sp³-hybridized carbons (Fsp3) is 0.217. The third-order valence-corrected chi connectivity index (χ3v) is 7.33. The maximum atomic E-state index is 14.9. The van der Waals surface area contributed by atoms with Gasteiger partial charge in [0.1, 0.15) is 22.0 Å². The van der Waals surface area contributed by atoms with Crippen LogP contribution in [-0.2, 0) is 5.60 Å². The molecular weight excluding hydrogens is 415 g/mol. The predicted molar refractivity (Wildman–Crippen MR) is 119 cm³/mol. The SMILES string of the molecule is COc1ccc2[nH]cc(-c3cc4c(-c5cnc(C6(O)CCC6)s5)c(F)cnc4[nH]3)c2c1. The molecule has 0 spiro atoms. The Balaban J connectivity index is 1.50. The van der Waals surface area contributed by atoms with Gasteiger partial charge in [0.15, 0.2) is 5.82 Å². The Hall–Kier alpha value is -3.23. The third kappa shape index (κ3) is 2.79. The number of aromatic nitrogens is 4. The minimum absolute atomic E-state index is 0.408. The van der Waals surface area contributed by atoms with E-state index in [9.17, 15) is 9.50 Å². The molecule has 0 radical (unpaired) electrons. The van der Waals surface area contributed by atoms with Gasteiger partial charge in [0.25, 0.3) is 0 Å². The number of halogens is 1. The van der Waals surface area contributed by atoms with Crippen molar-refractivity contribution < 1.29 is 14.2 Å². The highest BCUT2D eigenvalue weighted by Crippen LogP contribution is 2.45. The first-order valence-electron chi connectivity index (χ1n) is 10.1. The van der Waals surface area contributed by atoms with Crippen LogP contribution in [0.15, 0.2) is 42.9 Å². The van der Waals surface area contributed by atoms with E-state index in [-0.39, 0.29) is 0 Å². The van der Waals surface area contributed by atoms with Gasteiger partial charge >= 0.3 is 0 Å². The zero-order chi connectivity index (χ0) is 21.2. The molecule has 5 aromatic rings. The number of ether oxygens (including phenoxy) is 1. The molecular formula is C23H19FN4O2S. The molecule has 0 amide bonds. The first-order chi connectivity index (χ1) is 15.1. The summed E-state index contributed by atoms with van der Waals surface area (Å²) in [6, 6.07) is 7.75. The Morgan fingerprint density at radius 2 is 2.03 bits per heavy atom. The van der Waals surface area contributed by atoms with Crippen molar-refractivity contribution in [1.82, 2.24) is 19.9 Å². The minimum atomic E-state index is -0.863. The number of rotatable bonds is 4. The van der Waals surface area contributed by atoms with Crippen LogP contribution in [0.25, 0.3) is 43.6 Å². The second kappa shape index (κ2) is 6.63. The topological polar surface area (TPSA) is 86.8 Å². The van der Waals surface area contributed by atoms with Gasteiger partial charge in [-0.3, -0.25) is 0 Å². The molecule has 31 heavy (non-hydrogen) atoms. The van der Waals surface area contributed by atoms with E-state index in [1.54, 1.807) is 13.3 Å². The molecule has 8 heteroatoms. The standard InChI is InChI=1S/C23H19FN4O2S/c1-30-12-3-4-17-13(7-12)15(9-25-17)18-8-14-20(16(24)10-26-21(14)28-18)19-11-27-22(31-19)23(29)5-2-6-23/h3-4,7-11,25,29H,2,5-6H2,1H3,(H,26,28). The van der Waals surface area contributed by atoms with Gasteiger partial charge in [-0.1, -0.05) is 0 Å². The number of pyridine rings is 1. The highest BCUT2D eigenvalue weighted by atomic mass is 32.1. The van der Waals surface area contributed by atoms with Crippen LogP contribution in [0.1, 0.15) is 24.3 Å². The molecule has 3 N–H and O–H groups in total. The lowest BCUT2D eigenvalue weighted by Crippen LogP contribution is -2.33. The molecule has 1 saturated carbocycles. The van der Waals surface area contributed by atoms with Crippen molar-refractivity contribution in [1.29, 1.82) is 0 Å². The number of aromatic amines is 2. The van der Waals surface area contributed by atoms with Gasteiger partial charge in [-0.05, 0) is 43.5 Å². The molecule has 0 saturated heterocycles. The van der Waals surface area contributed by atoms with Crippen molar-refractivity contribution in [3.8, 4) is 27.4 Å². The van der Waals surface area contributed by atoms with Crippen molar-refractivity contribution in [3.05, 3.63) is 53.7 Å². The molecule has 4 aromatic heterocycles. The summed E-state index contributed by atoms with van der Waals surface area (Å²) in [7, 11) is 1.64. The molecule has 0 atom stereocenters. The molecule has 1 aliphatic carbocycles. The fourth-order valence-corrected chi connectivity index (χ4v) is 5.35. The van der Waals surface area contributed by atoms with Crippen LogP contribution in [0.4, 0.5) is 4.39 Å². The first-order valence-corrected chi connectivity index (χ1v) is 10.9. The zero-order valence-electron chi connectivity index (χ0n) is 16.7. The van der Waals surface area contributed by atoms with E-state index in [1.807, 2.05) is 30.5 Å². The Bertz CT molecular complexity index is 1450. The summed E-state index contributed by atoms with van der Waals surface area (Å²) in [4.78, 5) is 15.9. The van der Waals surface area contributed by atoms with Gasteiger partial charge in [-0.15, -0.1) is 11.3 Å². The average Bonchev–Trinajstić information content (AvgIpc) is 3.49. The van der Waals surface area contributed by atoms with E-state index in [2.05, 4.69) is 19.9 Å². The van der Waals surface area contributed by atoms with Crippen LogP contribution in [0, 0.1) is 5.82 Å². The Labute approximate surface area is 180 Å². The third-order valence-electron chi connectivity index (χ3n) is 6.12. The van der Waals surface area contributed by atoms with Crippen molar-refractivity contribution in [2.24, 2.45) is 0 Å². The number of hydrogen-bond acceptors (Lipinski definition) is 5. The lowest BCUT2D eigenvalue weighted by molar-refractivity contribution is -0.0389. The van der Waals surface area contributed by atoms with Gasteiger partial charge in [-0.2, -0.15) is 0 Å². The average molecular weight is 434 g/mol. The van der Waals surface area contributed by atoms with Crippen molar-refractivity contribution >= 4 is 33.3 Å². The van der Waals surface area contributed by atoms with Crippen molar-refractivity contribution in [2.45, 2.75) is 24.9 Å². The molecule has 0 bridgehead atoms. The Morgan fingerprint density at radius 3 is 2.81 bits per heavy atom. The zero-order valence-corrected chi connectivity index (χ0v) is 17.5. The van der Waals surface area contributed by atoms with Gasteiger partial charge < -0.3 is 19.8 Å². The Morgan fingerprint density at radius 1 is 1.16 bits per heavy atom. The van der Waals surface area contributed by atoms with Crippen LogP contribution in [0.3, 0.4) is 0 Å². The molecule has 6 nitrogen and oxygen atoms in total. The maximum absolute atomic E-state index is 14.9. The van der Waals surface area contributed by atoms with E-state index in [0.29, 0.717) is 39.3 Å². The fourth-order valence-electron chi connectivity index (χ4n) is 4.23. The lowest BCUT2D eigenvalue weighted by Gasteiger charge is -2.34. The first kappa shape index (κ1) is 18.5. The smallest absolute Gasteiger partial charge is 0.150 e. The summed E-state index contributed by atoms with van der Waals surface area (Å²) in [6.07, 6.45) is 7.18. The minimum Gasteiger partial charge on any atom is -0.497 e. The van der Waals surface area contributed by atoms with Crippen LogP contribution in [0.2, 0.25) is 0 Å². The number of nitrogens with zero attached hydrogens (tertiary/aromatic N) is 2. The van der Waals surface area contributed by atoms with Crippen LogP contribution < -0.4 is 4.74 Å². The molecule has 0 unspecified atom stereocenters. The number of H-pyrrole nitrogens is 2. The van der Waals surface area contributed by atoms with E-state index >= 15 is 0 Å². The monoisotopic (exact) mass is 434 g/mol. The largest absolute Gasteiger partial charge is 0.497 e. The summed E-state index contributed by atoms with van der Waals surface area (Å²) >= 11 is 1.35. The summed E-state index contributed by atoms with van der Waals surface area (Å²) in [5, 5.41) is 13.0. The van der Waals surface area contributed by atoms with E-state index < -0.39 is 11.4 Å². The second-order valence-electron chi connectivity index (χ2n) is 7.96. The lowest BCUT2D eigenvalue weighted by atomic mass is 9.81. The number of nitrogens with one attached hydrogen (secondary N) is 2. The molecule has 0 aliphatic heterocycles. The molecule has 4 heterocycles. The highest BCUT2D eigenvalue weighted by molar-refractivity contribution is 7.15. The van der Waals surface area contributed by atoms with Gasteiger partial charge in [0.2, 0.25) is 0 Å². The highest BCUT2D eigenvalue weighted by Gasteiger charge is 2.39. The number of benzene rings is 1. The second-order valence-corrected chi connectivity index (χ2v) is 8.99. The Kier molecular flexibility index (Phi) is 3.97. The van der Waals surface area contributed by atoms with Gasteiger partial charge in [-0.25, -0.2) is 14.4 Å². The van der Waals surface area contributed by atoms with E-state index in [1.165, 1.54) is 17.5 Å². The van der Waals surface area contributed by atoms with Crippen LogP contribution in [0.5, 0.6) is 5.75 Å². The van der Waals surface area contributed by atoms with Crippen molar-refractivity contribution in [2.75, 3.05) is 7.11 Å². The predicted octanol–water partition coefficient (Wildman–Crippen LogP) is 5.35. The van der Waals surface area contributed by atoms with E-state index in [0.717, 1.165) is 34.3 Å².